The minimum atomic E-state index is -3.37. The van der Waals surface area contributed by atoms with Crippen LogP contribution < -0.4 is 19.7 Å². The second kappa shape index (κ2) is 8.88. The quantitative estimate of drug-likeness (QED) is 0.572. The number of unbranched alkanes of at least 4 members (excludes halogenated alkanes) is 1. The van der Waals surface area contributed by atoms with Gasteiger partial charge in [-0.3, -0.25) is 13.9 Å². The molecule has 9 heteroatoms. The van der Waals surface area contributed by atoms with Crippen molar-refractivity contribution in [1.82, 2.24) is 5.32 Å². The summed E-state index contributed by atoms with van der Waals surface area (Å²) < 4.78 is 31.2. The molecule has 0 unspecified atom stereocenters. The van der Waals surface area contributed by atoms with E-state index in [0.29, 0.717) is 36.6 Å². The molecule has 0 aliphatic carbocycles. The van der Waals surface area contributed by atoms with Crippen LogP contribution in [0.15, 0.2) is 18.2 Å². The number of benzene rings is 1. The summed E-state index contributed by atoms with van der Waals surface area (Å²) in [7, 11) is -1.94. The topological polar surface area (TPSA) is 105 Å². The van der Waals surface area contributed by atoms with E-state index in [1.165, 1.54) is 17.5 Å². The fraction of sp³-hybridized carbons (Fsp3) is 0.529. The summed E-state index contributed by atoms with van der Waals surface area (Å²) >= 11 is 0. The number of sulfonamides is 1. The molecule has 2 N–H and O–H groups in total. The highest BCUT2D eigenvalue weighted by Gasteiger charge is 2.28. The number of rotatable bonds is 6. The van der Waals surface area contributed by atoms with Crippen molar-refractivity contribution in [2.45, 2.75) is 32.6 Å². The standard InChI is InChI=1S/C17H25N3O5S/c1-3-4-9-18-16(21)17(22)19-13-7-8-14(15(12-13)25-2)20-10-5-6-11-26(20,23)24/h7-8,12H,3-6,9-11H2,1-2H3,(H,18,21)(H,19,22). The Morgan fingerprint density at radius 2 is 2.00 bits per heavy atom. The van der Waals surface area contributed by atoms with E-state index in [-0.39, 0.29) is 5.75 Å². The van der Waals surface area contributed by atoms with Crippen molar-refractivity contribution in [2.75, 3.05) is 35.6 Å². The van der Waals surface area contributed by atoms with Gasteiger partial charge in [0.1, 0.15) is 5.75 Å². The van der Waals surface area contributed by atoms with Crippen molar-refractivity contribution in [3.63, 3.8) is 0 Å². The van der Waals surface area contributed by atoms with Crippen LogP contribution in [0.3, 0.4) is 0 Å². The van der Waals surface area contributed by atoms with Gasteiger partial charge in [-0.1, -0.05) is 13.3 Å². The Morgan fingerprint density at radius 3 is 2.65 bits per heavy atom. The zero-order valence-corrected chi connectivity index (χ0v) is 15.9. The molecular weight excluding hydrogens is 358 g/mol. The lowest BCUT2D eigenvalue weighted by Crippen LogP contribution is -2.38. The Labute approximate surface area is 153 Å². The summed E-state index contributed by atoms with van der Waals surface area (Å²) in [6.07, 6.45) is 3.13. The molecule has 1 saturated heterocycles. The normalized spacial score (nSPS) is 16.0. The van der Waals surface area contributed by atoms with Crippen LogP contribution >= 0.6 is 0 Å². The first-order valence-electron chi connectivity index (χ1n) is 8.66. The van der Waals surface area contributed by atoms with Gasteiger partial charge in [0.25, 0.3) is 0 Å². The minimum absolute atomic E-state index is 0.104. The summed E-state index contributed by atoms with van der Waals surface area (Å²) in [4.78, 5) is 23.7. The third kappa shape index (κ3) is 4.87. The fourth-order valence-corrected chi connectivity index (χ4v) is 4.31. The number of carbonyl (C=O) groups is 2. The second-order valence-corrected chi connectivity index (χ2v) is 8.06. The maximum atomic E-state index is 12.3. The number of hydrogen-bond acceptors (Lipinski definition) is 5. The Hall–Kier alpha value is -2.29. The van der Waals surface area contributed by atoms with Crippen LogP contribution in [0.4, 0.5) is 11.4 Å². The molecule has 0 saturated carbocycles. The van der Waals surface area contributed by atoms with Gasteiger partial charge in [0.2, 0.25) is 10.0 Å². The first kappa shape index (κ1) is 20.0. The van der Waals surface area contributed by atoms with E-state index in [1.54, 1.807) is 12.1 Å². The molecule has 0 aromatic heterocycles. The third-order valence-electron chi connectivity index (χ3n) is 4.08. The molecule has 1 aliphatic rings. The van der Waals surface area contributed by atoms with Crippen LogP contribution in [-0.4, -0.2) is 46.2 Å². The predicted molar refractivity (Wildman–Crippen MR) is 99.9 cm³/mol. The van der Waals surface area contributed by atoms with Gasteiger partial charge in [-0.15, -0.1) is 0 Å². The Balaban J connectivity index is 2.13. The third-order valence-corrected chi connectivity index (χ3v) is 5.93. The first-order chi connectivity index (χ1) is 12.4. The lowest BCUT2D eigenvalue weighted by Gasteiger charge is -2.29. The van der Waals surface area contributed by atoms with Crippen LogP contribution in [0.25, 0.3) is 0 Å². The molecule has 0 atom stereocenters. The monoisotopic (exact) mass is 383 g/mol. The first-order valence-corrected chi connectivity index (χ1v) is 10.3. The van der Waals surface area contributed by atoms with Gasteiger partial charge < -0.3 is 15.4 Å². The summed E-state index contributed by atoms with van der Waals surface area (Å²) in [5, 5.41) is 5.03. The molecule has 1 aromatic carbocycles. The van der Waals surface area contributed by atoms with Crippen LogP contribution in [0, 0.1) is 0 Å². The number of carbonyl (C=O) groups excluding carboxylic acids is 2. The smallest absolute Gasteiger partial charge is 0.313 e. The molecule has 26 heavy (non-hydrogen) atoms. The van der Waals surface area contributed by atoms with Crippen LogP contribution in [-0.2, 0) is 19.6 Å². The Bertz CT molecular complexity index is 764. The number of hydrogen-bond donors (Lipinski definition) is 2. The molecule has 2 rings (SSSR count). The maximum absolute atomic E-state index is 12.3. The molecule has 0 spiro atoms. The second-order valence-electron chi connectivity index (χ2n) is 6.05. The molecule has 8 nitrogen and oxygen atoms in total. The maximum Gasteiger partial charge on any atom is 0.313 e. The van der Waals surface area contributed by atoms with E-state index in [9.17, 15) is 18.0 Å². The van der Waals surface area contributed by atoms with E-state index in [1.807, 2.05) is 6.92 Å². The molecule has 144 valence electrons. The summed E-state index contributed by atoms with van der Waals surface area (Å²) in [5.74, 6) is -1.06. The van der Waals surface area contributed by atoms with Gasteiger partial charge in [0.05, 0.1) is 18.6 Å². The summed E-state index contributed by atoms with van der Waals surface area (Å²) in [6.45, 7) is 2.82. The highest BCUT2D eigenvalue weighted by Crippen LogP contribution is 2.34. The predicted octanol–water partition coefficient (Wildman–Crippen LogP) is 1.48. The van der Waals surface area contributed by atoms with E-state index in [0.717, 1.165) is 19.3 Å². The molecule has 0 bridgehead atoms. The van der Waals surface area contributed by atoms with Crippen molar-refractivity contribution in [3.05, 3.63) is 18.2 Å². The zero-order chi connectivity index (χ0) is 19.2. The Morgan fingerprint density at radius 1 is 1.23 bits per heavy atom. The highest BCUT2D eigenvalue weighted by molar-refractivity contribution is 7.92. The fourth-order valence-electron chi connectivity index (χ4n) is 2.67. The van der Waals surface area contributed by atoms with E-state index in [2.05, 4.69) is 10.6 Å². The average molecular weight is 383 g/mol. The van der Waals surface area contributed by atoms with E-state index < -0.39 is 21.8 Å². The van der Waals surface area contributed by atoms with Gasteiger partial charge in [-0.05, 0) is 31.4 Å². The number of ether oxygens (including phenoxy) is 1. The van der Waals surface area contributed by atoms with E-state index >= 15 is 0 Å². The molecule has 1 aromatic rings. The number of anilines is 2. The number of nitrogens with zero attached hydrogens (tertiary/aromatic N) is 1. The summed E-state index contributed by atoms with van der Waals surface area (Å²) in [6, 6.07) is 4.64. The van der Waals surface area contributed by atoms with E-state index in [4.69, 9.17) is 4.74 Å². The molecule has 1 heterocycles. The lowest BCUT2D eigenvalue weighted by atomic mass is 10.2. The lowest BCUT2D eigenvalue weighted by molar-refractivity contribution is -0.136. The van der Waals surface area contributed by atoms with Crippen molar-refractivity contribution < 1.29 is 22.7 Å². The van der Waals surface area contributed by atoms with Crippen LogP contribution in [0.5, 0.6) is 5.75 Å². The molecule has 1 aliphatic heterocycles. The molecule has 1 fully saturated rings. The van der Waals surface area contributed by atoms with Crippen molar-refractivity contribution in [1.29, 1.82) is 0 Å². The molecule has 0 radical (unpaired) electrons. The number of nitrogens with one attached hydrogen (secondary N) is 2. The summed E-state index contributed by atoms with van der Waals surface area (Å²) in [5.41, 5.74) is 0.785. The van der Waals surface area contributed by atoms with Crippen LogP contribution in [0.1, 0.15) is 32.6 Å². The highest BCUT2D eigenvalue weighted by atomic mass is 32.2. The van der Waals surface area contributed by atoms with Crippen molar-refractivity contribution in [3.8, 4) is 5.75 Å². The molecule has 2 amide bonds. The van der Waals surface area contributed by atoms with Crippen LogP contribution in [0.2, 0.25) is 0 Å². The minimum Gasteiger partial charge on any atom is -0.494 e. The average Bonchev–Trinajstić information content (AvgIpc) is 2.61. The largest absolute Gasteiger partial charge is 0.494 e. The number of methoxy groups -OCH3 is 1. The van der Waals surface area contributed by atoms with Gasteiger partial charge in [-0.25, -0.2) is 8.42 Å². The van der Waals surface area contributed by atoms with Crippen molar-refractivity contribution in [2.24, 2.45) is 0 Å². The van der Waals surface area contributed by atoms with Gasteiger partial charge in [0.15, 0.2) is 0 Å². The Kier molecular flexibility index (Phi) is 6.84. The number of amides is 2. The van der Waals surface area contributed by atoms with Gasteiger partial charge in [0, 0.05) is 24.8 Å². The van der Waals surface area contributed by atoms with Gasteiger partial charge in [-0.2, -0.15) is 0 Å². The zero-order valence-electron chi connectivity index (χ0n) is 15.1. The van der Waals surface area contributed by atoms with Gasteiger partial charge >= 0.3 is 11.8 Å². The molecular formula is C17H25N3O5S. The van der Waals surface area contributed by atoms with Crippen molar-refractivity contribution >= 4 is 33.2 Å². The SMILES string of the molecule is CCCCNC(=O)C(=O)Nc1ccc(N2CCCCS2(=O)=O)c(OC)c1.